The molecule has 0 heterocycles. The zero-order valence-corrected chi connectivity index (χ0v) is 12.6. The Morgan fingerprint density at radius 3 is 2.61 bits per heavy atom. The zero-order chi connectivity index (χ0) is 13.5. The van der Waals surface area contributed by atoms with Crippen LogP contribution in [0.4, 0.5) is 0 Å². The number of ether oxygens (including phenoxy) is 1. The van der Waals surface area contributed by atoms with Gasteiger partial charge in [-0.1, -0.05) is 32.4 Å². The van der Waals surface area contributed by atoms with Crippen LogP contribution in [0.3, 0.4) is 0 Å². The quantitative estimate of drug-likeness (QED) is 0.753. The first-order valence-corrected chi connectivity index (χ1v) is 7.02. The van der Waals surface area contributed by atoms with Gasteiger partial charge in [0.2, 0.25) is 0 Å². The van der Waals surface area contributed by atoms with Gasteiger partial charge in [-0.3, -0.25) is 0 Å². The van der Waals surface area contributed by atoms with Crippen LogP contribution in [-0.2, 0) is 0 Å². The van der Waals surface area contributed by atoms with Crippen molar-refractivity contribution in [3.05, 3.63) is 28.8 Å². The fraction of sp³-hybridized carbons (Fsp3) is 0.600. The molecule has 3 heteroatoms. The summed E-state index contributed by atoms with van der Waals surface area (Å²) in [4.78, 5) is 0. The minimum absolute atomic E-state index is 0.421. The lowest BCUT2D eigenvalue weighted by Gasteiger charge is -2.24. The van der Waals surface area contributed by atoms with Crippen molar-refractivity contribution >= 4 is 11.6 Å². The molecule has 1 unspecified atom stereocenters. The zero-order valence-electron chi connectivity index (χ0n) is 11.8. The van der Waals surface area contributed by atoms with Gasteiger partial charge in [-0.05, 0) is 37.1 Å². The molecule has 2 nitrogen and oxygen atoms in total. The second kappa shape index (κ2) is 7.65. The molecule has 0 aromatic heterocycles. The lowest BCUT2D eigenvalue weighted by Crippen LogP contribution is -2.25. The lowest BCUT2D eigenvalue weighted by atomic mass is 9.87. The molecular weight excluding hydrogens is 246 g/mol. The number of nitrogens with one attached hydrogen (secondary N) is 1. The third-order valence-electron chi connectivity index (χ3n) is 3.19. The van der Waals surface area contributed by atoms with E-state index in [1.54, 1.807) is 7.11 Å². The number of benzene rings is 1. The summed E-state index contributed by atoms with van der Waals surface area (Å²) in [5, 5.41) is 4.26. The average molecular weight is 270 g/mol. The Labute approximate surface area is 116 Å². The normalized spacial score (nSPS) is 12.8. The molecule has 1 atom stereocenters. The molecule has 0 bridgehead atoms. The number of halogens is 1. The van der Waals surface area contributed by atoms with Gasteiger partial charge in [-0.25, -0.2) is 0 Å². The first kappa shape index (κ1) is 15.3. The average Bonchev–Trinajstić information content (AvgIpc) is 2.34. The van der Waals surface area contributed by atoms with Crippen LogP contribution in [0.1, 0.15) is 38.7 Å². The molecule has 1 rings (SSSR count). The predicted molar refractivity (Wildman–Crippen MR) is 78.7 cm³/mol. The minimum Gasteiger partial charge on any atom is -0.496 e. The molecule has 0 fully saturated rings. The summed E-state index contributed by atoms with van der Waals surface area (Å²) >= 11 is 6.11. The van der Waals surface area contributed by atoms with Crippen LogP contribution in [-0.4, -0.2) is 20.2 Å². The highest BCUT2D eigenvalue weighted by Gasteiger charge is 2.19. The summed E-state index contributed by atoms with van der Waals surface area (Å²) in [5.41, 5.74) is 1.20. The second-order valence-corrected chi connectivity index (χ2v) is 5.38. The molecule has 102 valence electrons. The maximum Gasteiger partial charge on any atom is 0.122 e. The molecule has 0 aliphatic heterocycles. The predicted octanol–water partition coefficient (Wildman–Crippen LogP) is 4.09. The van der Waals surface area contributed by atoms with Crippen LogP contribution in [0.25, 0.3) is 0 Å². The van der Waals surface area contributed by atoms with E-state index in [2.05, 4.69) is 26.1 Å². The molecule has 1 aromatic rings. The van der Waals surface area contributed by atoms with Crippen molar-refractivity contribution in [3.8, 4) is 5.75 Å². The summed E-state index contributed by atoms with van der Waals surface area (Å²) in [7, 11) is 1.71. The van der Waals surface area contributed by atoms with E-state index < -0.39 is 0 Å². The van der Waals surface area contributed by atoms with Crippen molar-refractivity contribution in [1.82, 2.24) is 5.32 Å². The fourth-order valence-corrected chi connectivity index (χ4v) is 2.31. The van der Waals surface area contributed by atoms with Gasteiger partial charge in [0.1, 0.15) is 5.75 Å². The third-order valence-corrected chi connectivity index (χ3v) is 3.42. The van der Waals surface area contributed by atoms with E-state index in [-0.39, 0.29) is 0 Å². The fourth-order valence-electron chi connectivity index (χ4n) is 2.13. The van der Waals surface area contributed by atoms with Gasteiger partial charge in [0.05, 0.1) is 7.11 Å². The van der Waals surface area contributed by atoms with Crippen LogP contribution in [0.5, 0.6) is 5.75 Å². The number of rotatable bonds is 7. The first-order valence-electron chi connectivity index (χ1n) is 6.64. The van der Waals surface area contributed by atoms with E-state index in [1.165, 1.54) is 5.56 Å². The van der Waals surface area contributed by atoms with Crippen LogP contribution < -0.4 is 10.1 Å². The summed E-state index contributed by atoms with van der Waals surface area (Å²) < 4.78 is 5.45. The number of hydrogen-bond donors (Lipinski definition) is 1. The summed E-state index contributed by atoms with van der Waals surface area (Å²) in [5.74, 6) is 1.89. The van der Waals surface area contributed by atoms with Gasteiger partial charge < -0.3 is 10.1 Å². The largest absolute Gasteiger partial charge is 0.496 e. The van der Waals surface area contributed by atoms with E-state index in [4.69, 9.17) is 16.3 Å². The highest BCUT2D eigenvalue weighted by molar-refractivity contribution is 6.30. The molecule has 18 heavy (non-hydrogen) atoms. The van der Waals surface area contributed by atoms with Gasteiger partial charge in [-0.2, -0.15) is 0 Å². The molecule has 0 aliphatic rings. The summed E-state index contributed by atoms with van der Waals surface area (Å²) in [6, 6.07) is 5.85. The number of hydrogen-bond acceptors (Lipinski definition) is 2. The van der Waals surface area contributed by atoms with E-state index >= 15 is 0 Å². The van der Waals surface area contributed by atoms with Crippen molar-refractivity contribution in [2.45, 2.75) is 33.1 Å². The van der Waals surface area contributed by atoms with Crippen molar-refractivity contribution in [3.63, 3.8) is 0 Å². The smallest absolute Gasteiger partial charge is 0.122 e. The molecule has 0 spiro atoms. The Morgan fingerprint density at radius 1 is 1.33 bits per heavy atom. The lowest BCUT2D eigenvalue weighted by molar-refractivity contribution is 0.389. The topological polar surface area (TPSA) is 21.3 Å². The van der Waals surface area contributed by atoms with Crippen LogP contribution in [0, 0.1) is 5.92 Å². The number of methoxy groups -OCH3 is 1. The molecule has 0 saturated heterocycles. The highest BCUT2D eigenvalue weighted by atomic mass is 35.5. The van der Waals surface area contributed by atoms with E-state index in [0.717, 1.165) is 30.3 Å². The molecule has 0 saturated carbocycles. The molecule has 1 N–H and O–H groups in total. The Kier molecular flexibility index (Phi) is 6.51. The first-order chi connectivity index (χ1) is 8.60. The van der Waals surface area contributed by atoms with E-state index in [0.29, 0.717) is 11.8 Å². The third kappa shape index (κ3) is 4.18. The van der Waals surface area contributed by atoms with Crippen LogP contribution in [0.15, 0.2) is 18.2 Å². The van der Waals surface area contributed by atoms with Gasteiger partial charge in [0.25, 0.3) is 0 Å². The maximum atomic E-state index is 6.11. The minimum atomic E-state index is 0.421. The Bertz CT molecular complexity index is 366. The van der Waals surface area contributed by atoms with Gasteiger partial charge in [-0.15, -0.1) is 0 Å². The molecular formula is C15H24ClNO. The van der Waals surface area contributed by atoms with Gasteiger partial charge >= 0.3 is 0 Å². The van der Waals surface area contributed by atoms with Crippen molar-refractivity contribution < 1.29 is 4.74 Å². The second-order valence-electron chi connectivity index (χ2n) is 4.94. The molecule has 0 radical (unpaired) electrons. The standard InChI is InChI=1S/C15H24ClNO/c1-5-8-17-10-14(11(2)3)13-9-12(16)6-7-15(13)18-4/h6-7,9,11,14,17H,5,8,10H2,1-4H3. The molecule has 1 aromatic carbocycles. The van der Waals surface area contributed by atoms with Crippen LogP contribution >= 0.6 is 11.6 Å². The Balaban J connectivity index is 2.93. The van der Waals surface area contributed by atoms with E-state index in [9.17, 15) is 0 Å². The molecule has 0 aliphatic carbocycles. The van der Waals surface area contributed by atoms with Gasteiger partial charge in [0, 0.05) is 23.0 Å². The van der Waals surface area contributed by atoms with E-state index in [1.807, 2.05) is 18.2 Å². The van der Waals surface area contributed by atoms with Gasteiger partial charge in [0.15, 0.2) is 0 Å². The van der Waals surface area contributed by atoms with Crippen molar-refractivity contribution in [2.75, 3.05) is 20.2 Å². The Hall–Kier alpha value is -0.730. The molecule has 0 amide bonds. The summed E-state index contributed by atoms with van der Waals surface area (Å²) in [6.45, 7) is 8.66. The maximum absolute atomic E-state index is 6.11. The van der Waals surface area contributed by atoms with Crippen molar-refractivity contribution in [2.24, 2.45) is 5.92 Å². The summed E-state index contributed by atoms with van der Waals surface area (Å²) in [6.07, 6.45) is 1.15. The SMILES string of the molecule is CCCNCC(c1cc(Cl)ccc1OC)C(C)C. The Morgan fingerprint density at radius 2 is 2.06 bits per heavy atom. The monoisotopic (exact) mass is 269 g/mol. The van der Waals surface area contributed by atoms with Crippen molar-refractivity contribution in [1.29, 1.82) is 0 Å². The highest BCUT2D eigenvalue weighted by Crippen LogP contribution is 2.33. The van der Waals surface area contributed by atoms with Crippen LogP contribution in [0.2, 0.25) is 5.02 Å².